The highest BCUT2D eigenvalue weighted by Gasteiger charge is 2.38. The molecule has 30 heavy (non-hydrogen) atoms. The Hall–Kier alpha value is -2.42. The van der Waals surface area contributed by atoms with Gasteiger partial charge in [0.1, 0.15) is 23.1 Å². The zero-order valence-electron chi connectivity index (χ0n) is 16.9. The van der Waals surface area contributed by atoms with Crippen LogP contribution in [0.1, 0.15) is 29.1 Å². The molecule has 0 bridgehead atoms. The molecule has 0 spiro atoms. The van der Waals surface area contributed by atoms with E-state index in [9.17, 15) is 8.42 Å². The molecule has 0 atom stereocenters. The third kappa shape index (κ3) is 4.83. The van der Waals surface area contributed by atoms with E-state index in [1.54, 1.807) is 35.7 Å². The second-order valence-electron chi connectivity index (χ2n) is 7.29. The summed E-state index contributed by atoms with van der Waals surface area (Å²) in [5, 5.41) is 2.73. The van der Waals surface area contributed by atoms with Gasteiger partial charge in [0.25, 0.3) is 0 Å². The van der Waals surface area contributed by atoms with Gasteiger partial charge < -0.3 is 9.47 Å². The molecular weight excluding hydrogens is 420 g/mol. The Balaban J connectivity index is 1.45. The molecule has 1 saturated carbocycles. The fourth-order valence-electron chi connectivity index (χ4n) is 3.08. The first kappa shape index (κ1) is 20.8. The molecule has 0 radical (unpaired) electrons. The molecule has 0 N–H and O–H groups in total. The van der Waals surface area contributed by atoms with Crippen molar-refractivity contribution in [1.82, 2.24) is 9.29 Å². The van der Waals surface area contributed by atoms with Gasteiger partial charge in [0.2, 0.25) is 10.0 Å². The number of aromatic nitrogens is 1. The first-order valence-corrected chi connectivity index (χ1v) is 12.1. The van der Waals surface area contributed by atoms with Crippen LogP contribution < -0.4 is 9.47 Å². The molecule has 1 aliphatic carbocycles. The van der Waals surface area contributed by atoms with Crippen molar-refractivity contribution in [2.75, 3.05) is 7.11 Å². The van der Waals surface area contributed by atoms with Crippen LogP contribution >= 0.6 is 11.3 Å². The number of nitrogens with zero attached hydrogens (tertiary/aromatic N) is 2. The summed E-state index contributed by atoms with van der Waals surface area (Å²) in [5.41, 5.74) is 1.92. The molecule has 1 fully saturated rings. The minimum Gasteiger partial charge on any atom is -0.497 e. The Morgan fingerprint density at radius 2 is 1.73 bits per heavy atom. The molecule has 0 amide bonds. The zero-order chi connectivity index (χ0) is 21.1. The van der Waals surface area contributed by atoms with Gasteiger partial charge in [-0.05, 0) is 56.2 Å². The molecule has 2 aromatic carbocycles. The number of sulfonamides is 1. The maximum absolute atomic E-state index is 13.2. The topological polar surface area (TPSA) is 68.7 Å². The van der Waals surface area contributed by atoms with Crippen LogP contribution in [0, 0.1) is 6.92 Å². The summed E-state index contributed by atoms with van der Waals surface area (Å²) in [6, 6.07) is 14.4. The van der Waals surface area contributed by atoms with Crippen LogP contribution in [0.25, 0.3) is 0 Å². The normalized spacial score (nSPS) is 14.1. The Kier molecular flexibility index (Phi) is 6.08. The van der Waals surface area contributed by atoms with Crippen molar-refractivity contribution < 1.29 is 17.9 Å². The van der Waals surface area contributed by atoms with Crippen LogP contribution in [0.2, 0.25) is 0 Å². The van der Waals surface area contributed by atoms with Crippen molar-refractivity contribution in [3.63, 3.8) is 0 Å². The number of rotatable bonds is 9. The van der Waals surface area contributed by atoms with Gasteiger partial charge in [-0.15, -0.1) is 11.3 Å². The molecule has 8 heteroatoms. The lowest BCUT2D eigenvalue weighted by Crippen LogP contribution is -2.32. The highest BCUT2D eigenvalue weighted by molar-refractivity contribution is 7.89. The predicted octanol–water partition coefficient (Wildman–Crippen LogP) is 4.39. The third-order valence-corrected chi connectivity index (χ3v) is 7.70. The molecule has 1 aromatic heterocycles. The Bertz CT molecular complexity index is 1090. The molecule has 3 aromatic rings. The lowest BCUT2D eigenvalue weighted by Gasteiger charge is -2.21. The van der Waals surface area contributed by atoms with E-state index in [2.05, 4.69) is 4.98 Å². The van der Waals surface area contributed by atoms with Crippen molar-refractivity contribution >= 4 is 21.4 Å². The number of aryl methyl sites for hydroxylation is 1. The van der Waals surface area contributed by atoms with Crippen LogP contribution in [0.4, 0.5) is 0 Å². The number of methoxy groups -OCH3 is 1. The Morgan fingerprint density at radius 3 is 2.37 bits per heavy atom. The predicted molar refractivity (Wildman–Crippen MR) is 116 cm³/mol. The maximum atomic E-state index is 13.2. The highest BCUT2D eigenvalue weighted by atomic mass is 32.2. The van der Waals surface area contributed by atoms with Crippen LogP contribution in [-0.4, -0.2) is 30.9 Å². The minimum absolute atomic E-state index is 0.0334. The van der Waals surface area contributed by atoms with Crippen molar-refractivity contribution in [2.24, 2.45) is 0 Å². The van der Waals surface area contributed by atoms with Gasteiger partial charge in [0, 0.05) is 11.4 Å². The SMILES string of the molecule is COc1ccc(S(=O)(=O)N(Cc2csc(COc3ccc(C)cc3)n2)C2CC2)cc1. The molecule has 1 aliphatic rings. The second-order valence-corrected chi connectivity index (χ2v) is 10.1. The van der Waals surface area contributed by atoms with Crippen molar-refractivity contribution in [3.8, 4) is 11.5 Å². The number of ether oxygens (including phenoxy) is 2. The van der Waals surface area contributed by atoms with Crippen LogP contribution in [0.3, 0.4) is 0 Å². The van der Waals surface area contributed by atoms with E-state index >= 15 is 0 Å². The summed E-state index contributed by atoms with van der Waals surface area (Å²) < 4.78 is 38.9. The number of thiazole rings is 1. The molecular formula is C22H24N2O4S2. The molecule has 0 unspecified atom stereocenters. The Labute approximate surface area is 181 Å². The molecule has 0 aliphatic heterocycles. The fraction of sp³-hybridized carbons (Fsp3) is 0.318. The Morgan fingerprint density at radius 1 is 1.07 bits per heavy atom. The summed E-state index contributed by atoms with van der Waals surface area (Å²) >= 11 is 1.48. The molecule has 158 valence electrons. The van der Waals surface area contributed by atoms with E-state index in [0.717, 1.165) is 29.3 Å². The second kappa shape index (κ2) is 8.75. The van der Waals surface area contributed by atoms with Crippen LogP contribution in [0.5, 0.6) is 11.5 Å². The average molecular weight is 445 g/mol. The summed E-state index contributed by atoms with van der Waals surface area (Å²) in [6.07, 6.45) is 1.76. The van der Waals surface area contributed by atoms with Crippen LogP contribution in [-0.2, 0) is 23.2 Å². The summed E-state index contributed by atoms with van der Waals surface area (Å²) in [4.78, 5) is 4.87. The van der Waals surface area contributed by atoms with Gasteiger partial charge in [0.05, 0.1) is 24.2 Å². The van der Waals surface area contributed by atoms with Crippen molar-refractivity contribution in [2.45, 2.75) is 43.9 Å². The smallest absolute Gasteiger partial charge is 0.243 e. The van der Waals surface area contributed by atoms with Crippen molar-refractivity contribution in [1.29, 1.82) is 0 Å². The zero-order valence-corrected chi connectivity index (χ0v) is 18.6. The van der Waals surface area contributed by atoms with Gasteiger partial charge >= 0.3 is 0 Å². The van der Waals surface area contributed by atoms with E-state index in [0.29, 0.717) is 12.4 Å². The average Bonchev–Trinajstić information content (AvgIpc) is 3.50. The molecule has 0 saturated heterocycles. The number of hydrogen-bond donors (Lipinski definition) is 0. The van der Waals surface area contributed by atoms with Gasteiger partial charge in [0.15, 0.2) is 0 Å². The molecule has 4 rings (SSSR count). The molecule has 6 nitrogen and oxygen atoms in total. The number of hydrogen-bond acceptors (Lipinski definition) is 6. The fourth-order valence-corrected chi connectivity index (χ4v) is 5.44. The van der Waals surface area contributed by atoms with Gasteiger partial charge in [-0.25, -0.2) is 13.4 Å². The molecule has 1 heterocycles. The number of benzene rings is 2. The maximum Gasteiger partial charge on any atom is 0.243 e. The standard InChI is InChI=1S/C22H24N2O4S2/c1-16-3-7-20(8-4-16)28-14-22-23-17(15-29-22)13-24(18-5-6-18)30(25,26)21-11-9-19(27-2)10-12-21/h3-4,7-12,15,18H,5-6,13-14H2,1-2H3. The van der Waals surface area contributed by atoms with E-state index in [1.807, 2.05) is 36.6 Å². The van der Waals surface area contributed by atoms with Gasteiger partial charge in [-0.1, -0.05) is 17.7 Å². The summed E-state index contributed by atoms with van der Waals surface area (Å²) in [6.45, 7) is 2.66. The third-order valence-electron chi connectivity index (χ3n) is 4.92. The van der Waals surface area contributed by atoms with Gasteiger partial charge in [-0.3, -0.25) is 0 Å². The van der Waals surface area contributed by atoms with E-state index < -0.39 is 10.0 Å². The quantitative estimate of drug-likeness (QED) is 0.490. The first-order chi connectivity index (χ1) is 14.5. The highest BCUT2D eigenvalue weighted by Crippen LogP contribution is 2.34. The van der Waals surface area contributed by atoms with Gasteiger partial charge in [-0.2, -0.15) is 4.31 Å². The minimum atomic E-state index is -3.60. The van der Waals surface area contributed by atoms with Crippen LogP contribution in [0.15, 0.2) is 58.8 Å². The lowest BCUT2D eigenvalue weighted by molar-refractivity contribution is 0.304. The summed E-state index contributed by atoms with van der Waals surface area (Å²) in [7, 11) is -2.04. The summed E-state index contributed by atoms with van der Waals surface area (Å²) in [5.74, 6) is 1.42. The lowest BCUT2D eigenvalue weighted by atomic mass is 10.2. The largest absolute Gasteiger partial charge is 0.497 e. The first-order valence-electron chi connectivity index (χ1n) is 9.74. The monoisotopic (exact) mass is 444 g/mol. The van der Waals surface area contributed by atoms with E-state index in [4.69, 9.17) is 9.47 Å². The van der Waals surface area contributed by atoms with E-state index in [-0.39, 0.29) is 17.5 Å². The van der Waals surface area contributed by atoms with Crippen molar-refractivity contribution in [3.05, 3.63) is 70.2 Å². The van der Waals surface area contributed by atoms with E-state index in [1.165, 1.54) is 16.9 Å².